The first-order chi connectivity index (χ1) is 31.4. The van der Waals surface area contributed by atoms with E-state index in [0.29, 0.717) is 50.0 Å². The summed E-state index contributed by atoms with van der Waals surface area (Å²) in [5, 5.41) is 30.6. The minimum absolute atomic E-state index is 0.00583. The van der Waals surface area contributed by atoms with Gasteiger partial charge in [0.25, 0.3) is 0 Å². The number of nitrogens with zero attached hydrogens (tertiary/aromatic N) is 3. The van der Waals surface area contributed by atoms with E-state index in [4.69, 9.17) is 17.2 Å². The number of aromatic amines is 1. The molecule has 0 aliphatic carbocycles. The summed E-state index contributed by atoms with van der Waals surface area (Å²) in [6, 6.07) is 17.1. The Balaban J connectivity index is 1.35. The fraction of sp³-hybridized carbons (Fsp3) is 0.404. The first-order valence-corrected chi connectivity index (χ1v) is 22.1. The van der Waals surface area contributed by atoms with Crippen molar-refractivity contribution in [2.45, 2.75) is 107 Å². The van der Waals surface area contributed by atoms with Crippen LogP contribution in [0.1, 0.15) is 67.3 Å². The third kappa shape index (κ3) is 13.8. The molecular weight excluding hydrogens is 831 g/mol. The molecule has 65 heavy (non-hydrogen) atoms. The van der Waals surface area contributed by atoms with Gasteiger partial charge in [-0.05, 0) is 92.8 Å². The predicted molar refractivity (Wildman–Crippen MR) is 242 cm³/mol. The molecule has 2 aromatic heterocycles. The second-order valence-electron chi connectivity index (χ2n) is 16.7. The van der Waals surface area contributed by atoms with Crippen LogP contribution in [0.25, 0.3) is 10.9 Å². The Bertz CT molecular complexity index is 2400. The van der Waals surface area contributed by atoms with Crippen LogP contribution in [0.4, 0.5) is 0 Å². The summed E-state index contributed by atoms with van der Waals surface area (Å²) < 4.78 is 1.59. The number of fused-ring (bicyclic) bond motifs is 3. The number of carbonyl (C=O) groups excluding carboxylic acids is 6. The summed E-state index contributed by atoms with van der Waals surface area (Å²) in [5.41, 5.74) is 21.4. The Morgan fingerprint density at radius 1 is 0.738 bits per heavy atom. The smallest absolute Gasteiger partial charge is 0.243 e. The predicted octanol–water partition coefficient (Wildman–Crippen LogP) is 1.38. The maximum absolute atomic E-state index is 14.6. The molecular formula is C47H59N11O7. The van der Waals surface area contributed by atoms with Gasteiger partial charge in [-0.3, -0.25) is 33.4 Å². The Hall–Kier alpha value is -6.92. The van der Waals surface area contributed by atoms with Crippen LogP contribution in [0.5, 0.6) is 5.75 Å². The van der Waals surface area contributed by atoms with Gasteiger partial charge in [-0.15, -0.1) is 5.10 Å². The van der Waals surface area contributed by atoms with Gasteiger partial charge in [0.1, 0.15) is 23.9 Å². The number of aryl methyl sites for hydroxylation is 1. The summed E-state index contributed by atoms with van der Waals surface area (Å²) in [6.07, 6.45) is 5.64. The summed E-state index contributed by atoms with van der Waals surface area (Å²) in [5.74, 6) is -4.68. The van der Waals surface area contributed by atoms with Crippen molar-refractivity contribution in [3.8, 4) is 5.75 Å². The number of ketones is 1. The summed E-state index contributed by atoms with van der Waals surface area (Å²) >= 11 is 0. The molecule has 3 aromatic carbocycles. The molecule has 5 aromatic rings. The molecule has 3 heterocycles. The lowest BCUT2D eigenvalue weighted by molar-refractivity contribution is -0.135. The topological polar surface area (TPSA) is 295 Å². The third-order valence-corrected chi connectivity index (χ3v) is 11.7. The lowest BCUT2D eigenvalue weighted by Crippen LogP contribution is -2.58. The lowest BCUT2D eigenvalue weighted by atomic mass is 9.89. The van der Waals surface area contributed by atoms with E-state index < -0.39 is 71.4 Å². The molecule has 344 valence electrons. The molecule has 5 amide bonds. The second kappa shape index (κ2) is 23.1. The van der Waals surface area contributed by atoms with E-state index in [1.54, 1.807) is 29.2 Å². The number of benzene rings is 3. The van der Waals surface area contributed by atoms with E-state index in [1.165, 1.54) is 12.1 Å². The normalized spacial score (nSPS) is 22.3. The van der Waals surface area contributed by atoms with Crippen LogP contribution in [0.3, 0.4) is 0 Å². The zero-order chi connectivity index (χ0) is 46.3. The van der Waals surface area contributed by atoms with Crippen LogP contribution < -0.4 is 38.5 Å². The standard InChI is InChI=1S/C47H59N11O7/c48-20-8-6-15-39-46(64)54-40(23-30-16-18-34(59)19-17-30)42(60)25-31(22-29-10-2-1-3-11-29)44(62)52-38(43(50)61)14-7-9-21-58-28-33(56-57-58)26-36(49)45(63)55-41(47(65)53-39)24-32-27-51-37-13-5-4-12-35(32)37/h1-5,10-13,16-19,27-28,31,36,38-41,51,59H,6-9,14-15,20-26,48-49H2,(H2,50,61)(H,52,62)(H,53,65)(H,54,64)(H,55,63)/t31-,36-,38-,39+,40+,41+/m1/s1. The number of carbonyl (C=O) groups is 6. The molecule has 6 rings (SSSR count). The lowest BCUT2D eigenvalue weighted by Gasteiger charge is -2.27. The van der Waals surface area contributed by atoms with Crippen molar-refractivity contribution in [3.05, 3.63) is 114 Å². The number of phenolic OH excluding ortho intramolecular Hbond substituents is 1. The number of unbranched alkanes of at least 4 members (excludes halogenated alkanes) is 1. The number of nitrogens with two attached hydrogens (primary N) is 3. The van der Waals surface area contributed by atoms with Crippen LogP contribution in [-0.4, -0.2) is 97.2 Å². The summed E-state index contributed by atoms with van der Waals surface area (Å²) in [4.78, 5) is 87.3. The maximum Gasteiger partial charge on any atom is 0.243 e. The molecule has 0 saturated carbocycles. The molecule has 1 aliphatic rings. The van der Waals surface area contributed by atoms with Crippen LogP contribution in [0.15, 0.2) is 91.3 Å². The van der Waals surface area contributed by atoms with Crippen LogP contribution in [0, 0.1) is 5.92 Å². The third-order valence-electron chi connectivity index (χ3n) is 11.7. The Morgan fingerprint density at radius 2 is 1.43 bits per heavy atom. The fourth-order valence-corrected chi connectivity index (χ4v) is 8.03. The molecule has 18 nitrogen and oxygen atoms in total. The van der Waals surface area contributed by atoms with Gasteiger partial charge in [-0.1, -0.05) is 65.9 Å². The molecule has 0 saturated heterocycles. The number of aromatic nitrogens is 4. The quantitative estimate of drug-likeness (QED) is 0.0854. The van der Waals surface area contributed by atoms with Gasteiger partial charge in [-0.2, -0.15) is 0 Å². The van der Waals surface area contributed by atoms with Gasteiger partial charge >= 0.3 is 0 Å². The second-order valence-corrected chi connectivity index (χ2v) is 16.7. The van der Waals surface area contributed by atoms with Gasteiger partial charge in [-0.25, -0.2) is 0 Å². The Labute approximate surface area is 376 Å². The number of hydrogen-bond acceptors (Lipinski definition) is 11. The van der Waals surface area contributed by atoms with Crippen molar-refractivity contribution >= 4 is 46.2 Å². The number of rotatable bonds is 11. The van der Waals surface area contributed by atoms with E-state index in [1.807, 2.05) is 54.6 Å². The van der Waals surface area contributed by atoms with Gasteiger partial charge in [0.15, 0.2) is 5.78 Å². The molecule has 2 bridgehead atoms. The average Bonchev–Trinajstić information content (AvgIpc) is 3.93. The van der Waals surface area contributed by atoms with Gasteiger partial charge in [0, 0.05) is 55.0 Å². The van der Waals surface area contributed by atoms with Crippen molar-refractivity contribution in [1.29, 1.82) is 0 Å². The van der Waals surface area contributed by atoms with E-state index in [9.17, 15) is 33.9 Å². The Kier molecular flexibility index (Phi) is 16.9. The summed E-state index contributed by atoms with van der Waals surface area (Å²) in [7, 11) is 0. The zero-order valence-electron chi connectivity index (χ0n) is 36.3. The highest BCUT2D eigenvalue weighted by molar-refractivity contribution is 5.97. The highest BCUT2D eigenvalue weighted by Crippen LogP contribution is 2.21. The number of para-hydroxylation sites is 1. The van der Waals surface area contributed by atoms with E-state index in [0.717, 1.165) is 22.0 Å². The molecule has 0 unspecified atom stereocenters. The minimum Gasteiger partial charge on any atom is -0.508 e. The molecule has 12 N–H and O–H groups in total. The highest BCUT2D eigenvalue weighted by atomic mass is 16.3. The molecule has 18 heteroatoms. The molecule has 6 atom stereocenters. The van der Waals surface area contributed by atoms with Crippen LogP contribution in [0.2, 0.25) is 0 Å². The minimum atomic E-state index is -1.19. The monoisotopic (exact) mass is 889 g/mol. The first kappa shape index (κ1) is 47.6. The van der Waals surface area contributed by atoms with E-state index in [-0.39, 0.29) is 50.7 Å². The fourth-order valence-electron chi connectivity index (χ4n) is 8.03. The number of nitrogens with one attached hydrogen (secondary N) is 5. The number of hydrogen-bond donors (Lipinski definition) is 9. The van der Waals surface area contributed by atoms with Gasteiger partial charge in [0.2, 0.25) is 29.5 Å². The highest BCUT2D eigenvalue weighted by Gasteiger charge is 2.34. The van der Waals surface area contributed by atoms with Gasteiger partial charge in [0.05, 0.1) is 17.8 Å². The average molecular weight is 890 g/mol. The van der Waals surface area contributed by atoms with Gasteiger partial charge < -0.3 is 48.6 Å². The van der Waals surface area contributed by atoms with Crippen molar-refractivity contribution < 1.29 is 33.9 Å². The maximum atomic E-state index is 14.6. The molecule has 0 spiro atoms. The summed E-state index contributed by atoms with van der Waals surface area (Å²) in [6.45, 7) is 0.739. The number of amides is 5. The largest absolute Gasteiger partial charge is 0.508 e. The number of Topliss-reactive ketones (excluding diaryl/α,β-unsaturated/α-hetero) is 1. The molecule has 0 fully saturated rings. The molecule has 0 radical (unpaired) electrons. The first-order valence-electron chi connectivity index (χ1n) is 22.1. The van der Waals surface area contributed by atoms with E-state index >= 15 is 0 Å². The van der Waals surface area contributed by atoms with Crippen molar-refractivity contribution in [2.75, 3.05) is 6.54 Å². The number of H-pyrrole nitrogens is 1. The van der Waals surface area contributed by atoms with Crippen LogP contribution in [-0.2, 0) is 61.0 Å². The van der Waals surface area contributed by atoms with Crippen molar-refractivity contribution in [1.82, 2.24) is 41.2 Å². The SMILES string of the molecule is NCCCC[C@@H]1NC(=O)[C@H](Cc2c[nH]c3ccccc23)NC(=O)[C@H](N)Cc2cn(nn2)CCCC[C@H](C(N)=O)NC(=O)[C@H](Cc2ccccc2)CC(=O)[C@H](Cc2ccc(O)cc2)NC1=O. The number of phenols is 1. The number of aromatic hydroxyl groups is 1. The molecule has 1 aliphatic heterocycles. The number of primary amides is 1. The zero-order valence-corrected chi connectivity index (χ0v) is 36.3. The van der Waals surface area contributed by atoms with Crippen molar-refractivity contribution in [2.24, 2.45) is 23.1 Å². The van der Waals surface area contributed by atoms with E-state index in [2.05, 4.69) is 36.6 Å². The van der Waals surface area contributed by atoms with Crippen LogP contribution >= 0.6 is 0 Å². The Morgan fingerprint density at radius 3 is 2.18 bits per heavy atom. The van der Waals surface area contributed by atoms with Crippen molar-refractivity contribution in [3.63, 3.8) is 0 Å².